The lowest BCUT2D eigenvalue weighted by Crippen LogP contribution is -2.53. The van der Waals surface area contributed by atoms with Gasteiger partial charge in [0.15, 0.2) is 0 Å². The molecule has 0 fully saturated rings. The van der Waals surface area contributed by atoms with E-state index < -0.39 is 28.5 Å². The van der Waals surface area contributed by atoms with E-state index in [1.165, 1.54) is 4.90 Å². The molecule has 0 saturated carbocycles. The number of hydrogen-bond acceptors (Lipinski definition) is 4. The first-order chi connectivity index (χ1) is 19.7. The van der Waals surface area contributed by atoms with E-state index in [0.29, 0.717) is 22.6 Å². The molecule has 0 aliphatic heterocycles. The van der Waals surface area contributed by atoms with E-state index in [9.17, 15) is 18.0 Å². The molecule has 0 radical (unpaired) electrons. The molecule has 4 aromatic rings. The Morgan fingerprint density at radius 2 is 1.54 bits per heavy atom. The number of nitrogens with one attached hydrogen (secondary N) is 1. The molecule has 214 valence electrons. The summed E-state index contributed by atoms with van der Waals surface area (Å²) in [5.41, 5.74) is 2.00. The average Bonchev–Trinajstić information content (AvgIpc) is 2.96. The van der Waals surface area contributed by atoms with Crippen LogP contribution in [-0.2, 0) is 32.6 Å². The van der Waals surface area contributed by atoms with Gasteiger partial charge in [-0.25, -0.2) is 8.42 Å². The second kappa shape index (κ2) is 13.7. The van der Waals surface area contributed by atoms with Crippen molar-refractivity contribution in [1.29, 1.82) is 0 Å². The number of carbonyl (C=O) groups is 2. The van der Waals surface area contributed by atoms with Crippen LogP contribution in [0.25, 0.3) is 10.8 Å². The fourth-order valence-corrected chi connectivity index (χ4v) is 5.85. The minimum absolute atomic E-state index is 0.0730. The molecule has 0 spiro atoms. The highest BCUT2D eigenvalue weighted by atomic mass is 35.5. The average molecular weight is 592 g/mol. The minimum Gasteiger partial charge on any atom is -0.354 e. The van der Waals surface area contributed by atoms with Crippen LogP contribution in [0.1, 0.15) is 24.5 Å². The Morgan fingerprint density at radius 1 is 0.878 bits per heavy atom. The predicted octanol–water partition coefficient (Wildman–Crippen LogP) is 5.43. The lowest BCUT2D eigenvalue weighted by atomic mass is 10.0. The Bertz CT molecular complexity index is 1610. The number of fused-ring (bicyclic) bond motifs is 1. The van der Waals surface area contributed by atoms with Crippen LogP contribution in [0.4, 0.5) is 5.69 Å². The van der Waals surface area contributed by atoms with Crippen molar-refractivity contribution in [2.75, 3.05) is 23.7 Å². The Labute approximate surface area is 246 Å². The normalized spacial score (nSPS) is 12.1. The highest BCUT2D eigenvalue weighted by molar-refractivity contribution is 7.92. The molecule has 0 unspecified atom stereocenters. The van der Waals surface area contributed by atoms with E-state index in [-0.39, 0.29) is 18.9 Å². The lowest BCUT2D eigenvalue weighted by molar-refractivity contribution is -0.140. The lowest BCUT2D eigenvalue weighted by Gasteiger charge is -2.33. The van der Waals surface area contributed by atoms with E-state index >= 15 is 0 Å². The van der Waals surface area contributed by atoms with Crippen LogP contribution in [0.3, 0.4) is 0 Å². The number of rotatable bonds is 12. The molecule has 4 rings (SSSR count). The topological polar surface area (TPSA) is 86.8 Å². The number of carbonyl (C=O) groups excluding carboxylic acids is 2. The van der Waals surface area contributed by atoms with Crippen molar-refractivity contribution in [3.05, 3.63) is 113 Å². The van der Waals surface area contributed by atoms with Gasteiger partial charge in [0.25, 0.3) is 0 Å². The summed E-state index contributed by atoms with van der Waals surface area (Å²) in [4.78, 5) is 29.3. The zero-order valence-corrected chi connectivity index (χ0v) is 24.7. The first-order valence-corrected chi connectivity index (χ1v) is 15.7. The van der Waals surface area contributed by atoms with E-state index in [4.69, 9.17) is 11.6 Å². The van der Waals surface area contributed by atoms with Crippen LogP contribution < -0.4 is 9.62 Å². The molecule has 1 N–H and O–H groups in total. The van der Waals surface area contributed by atoms with Crippen LogP contribution in [0.15, 0.2) is 97.1 Å². The van der Waals surface area contributed by atoms with Gasteiger partial charge in [0.2, 0.25) is 21.8 Å². The van der Waals surface area contributed by atoms with Crippen LogP contribution in [0, 0.1) is 0 Å². The molecule has 0 heterocycles. The third-order valence-corrected chi connectivity index (χ3v) is 8.14. The number of benzene rings is 4. The van der Waals surface area contributed by atoms with E-state index in [1.54, 1.807) is 30.3 Å². The van der Waals surface area contributed by atoms with Crippen molar-refractivity contribution in [2.24, 2.45) is 0 Å². The number of hydrogen-bond donors (Lipinski definition) is 1. The maximum absolute atomic E-state index is 14.2. The number of anilines is 1. The zero-order valence-electron chi connectivity index (χ0n) is 23.2. The third-order valence-electron chi connectivity index (χ3n) is 6.78. The molecule has 4 aromatic carbocycles. The van der Waals surface area contributed by atoms with Crippen LogP contribution in [0.5, 0.6) is 0 Å². The standard InChI is InChI=1S/C32H34ClN3O4S/c1-3-19-34-32(38)30(21-24-11-5-4-6-12-24)35(22-25-13-9-16-27(33)20-25)31(37)23-36(41(2,39)40)29-18-10-15-26-14-7-8-17-28(26)29/h4-18,20,30H,3,19,21-23H2,1-2H3,(H,34,38)/t30-/m0/s1. The van der Waals surface area contributed by atoms with Gasteiger partial charge in [-0.2, -0.15) is 0 Å². The molecule has 0 saturated heterocycles. The summed E-state index contributed by atoms with van der Waals surface area (Å²) >= 11 is 6.26. The molecule has 9 heteroatoms. The summed E-state index contributed by atoms with van der Waals surface area (Å²) in [5.74, 6) is -0.807. The molecule has 0 aliphatic carbocycles. The summed E-state index contributed by atoms with van der Waals surface area (Å²) in [6, 6.07) is 28.4. The molecule has 0 bridgehead atoms. The second-order valence-electron chi connectivity index (χ2n) is 9.92. The Morgan fingerprint density at radius 3 is 2.24 bits per heavy atom. The monoisotopic (exact) mass is 591 g/mol. The van der Waals surface area contributed by atoms with Gasteiger partial charge in [-0.05, 0) is 41.1 Å². The fraction of sp³-hybridized carbons (Fsp3) is 0.250. The zero-order chi connectivity index (χ0) is 29.4. The summed E-state index contributed by atoms with van der Waals surface area (Å²) in [5, 5.41) is 4.99. The second-order valence-corrected chi connectivity index (χ2v) is 12.3. The quantitative estimate of drug-likeness (QED) is 0.238. The number of nitrogens with zero attached hydrogens (tertiary/aromatic N) is 2. The maximum atomic E-state index is 14.2. The van der Waals surface area contributed by atoms with Gasteiger partial charge in [0.1, 0.15) is 12.6 Å². The molecule has 0 aromatic heterocycles. The van der Waals surface area contributed by atoms with Crippen molar-refractivity contribution < 1.29 is 18.0 Å². The summed E-state index contributed by atoms with van der Waals surface area (Å²) in [6.45, 7) is 2.01. The van der Waals surface area contributed by atoms with Crippen molar-refractivity contribution in [2.45, 2.75) is 32.4 Å². The Balaban J connectivity index is 1.77. The summed E-state index contributed by atoms with van der Waals surface area (Å²) in [6.07, 6.45) is 2.07. The predicted molar refractivity (Wildman–Crippen MR) is 165 cm³/mol. The van der Waals surface area contributed by atoms with E-state index in [1.807, 2.05) is 73.7 Å². The Kier molecular flexibility index (Phi) is 10.0. The summed E-state index contributed by atoms with van der Waals surface area (Å²) in [7, 11) is -3.87. The van der Waals surface area contributed by atoms with Gasteiger partial charge in [-0.15, -0.1) is 0 Å². The molecule has 2 amide bonds. The SMILES string of the molecule is CCCNC(=O)[C@H](Cc1ccccc1)N(Cc1cccc(Cl)c1)C(=O)CN(c1cccc2ccccc12)S(C)(=O)=O. The molecule has 1 atom stereocenters. The van der Waals surface area contributed by atoms with E-state index in [2.05, 4.69) is 5.32 Å². The van der Waals surface area contributed by atoms with Crippen molar-refractivity contribution in [3.8, 4) is 0 Å². The van der Waals surface area contributed by atoms with Crippen LogP contribution in [0.2, 0.25) is 5.02 Å². The van der Waals surface area contributed by atoms with Crippen LogP contribution >= 0.6 is 11.6 Å². The third kappa shape index (κ3) is 7.86. The molecule has 7 nitrogen and oxygen atoms in total. The minimum atomic E-state index is -3.87. The van der Waals surface area contributed by atoms with Gasteiger partial charge in [-0.1, -0.05) is 97.4 Å². The van der Waals surface area contributed by atoms with Gasteiger partial charge in [-0.3, -0.25) is 13.9 Å². The van der Waals surface area contributed by atoms with Gasteiger partial charge in [0.05, 0.1) is 11.9 Å². The molecular formula is C32H34ClN3O4S. The maximum Gasteiger partial charge on any atom is 0.244 e. The molecule has 0 aliphatic rings. The number of halogens is 1. The van der Waals surface area contributed by atoms with Gasteiger partial charge < -0.3 is 10.2 Å². The first kappa shape index (κ1) is 30.1. The summed E-state index contributed by atoms with van der Waals surface area (Å²) < 4.78 is 27.4. The van der Waals surface area contributed by atoms with Gasteiger partial charge in [0, 0.05) is 29.9 Å². The van der Waals surface area contributed by atoms with Crippen molar-refractivity contribution in [3.63, 3.8) is 0 Å². The highest BCUT2D eigenvalue weighted by Gasteiger charge is 2.33. The van der Waals surface area contributed by atoms with E-state index in [0.717, 1.165) is 33.5 Å². The van der Waals surface area contributed by atoms with Gasteiger partial charge >= 0.3 is 0 Å². The molecular weight excluding hydrogens is 558 g/mol. The van der Waals surface area contributed by atoms with Crippen molar-refractivity contribution in [1.82, 2.24) is 10.2 Å². The van der Waals surface area contributed by atoms with Crippen LogP contribution in [-0.4, -0.2) is 50.5 Å². The largest absolute Gasteiger partial charge is 0.354 e. The number of amides is 2. The fourth-order valence-electron chi connectivity index (χ4n) is 4.77. The number of sulfonamides is 1. The van der Waals surface area contributed by atoms with Crippen molar-refractivity contribution >= 4 is 49.9 Å². The smallest absolute Gasteiger partial charge is 0.244 e. The Hall–Kier alpha value is -3.88. The highest BCUT2D eigenvalue weighted by Crippen LogP contribution is 2.29. The first-order valence-electron chi connectivity index (χ1n) is 13.5. The molecule has 41 heavy (non-hydrogen) atoms.